The lowest BCUT2D eigenvalue weighted by Gasteiger charge is -2.08. The monoisotopic (exact) mass is 337 g/mol. The molecule has 130 valence electrons. The number of benzene rings is 1. The van der Waals surface area contributed by atoms with Gasteiger partial charge in [0.25, 0.3) is 0 Å². The predicted molar refractivity (Wildman–Crippen MR) is 101 cm³/mol. The van der Waals surface area contributed by atoms with Gasteiger partial charge in [0.05, 0.1) is 5.52 Å². The first-order valence-electron chi connectivity index (χ1n) is 8.66. The van der Waals surface area contributed by atoms with Crippen molar-refractivity contribution in [2.75, 3.05) is 5.32 Å². The molecule has 1 amide bonds. The number of aryl methyl sites for hydroxylation is 2. The Bertz CT molecular complexity index is 910. The Morgan fingerprint density at radius 3 is 2.72 bits per heavy atom. The summed E-state index contributed by atoms with van der Waals surface area (Å²) in [6, 6.07) is 11.2. The van der Waals surface area contributed by atoms with E-state index in [2.05, 4.69) is 27.3 Å². The highest BCUT2D eigenvalue weighted by atomic mass is 16.1. The molecule has 0 aliphatic rings. The molecule has 2 heterocycles. The van der Waals surface area contributed by atoms with Gasteiger partial charge in [0.1, 0.15) is 0 Å². The van der Waals surface area contributed by atoms with Crippen LogP contribution in [0, 0.1) is 6.92 Å². The summed E-state index contributed by atoms with van der Waals surface area (Å²) >= 11 is 0. The topological polar surface area (TPSA) is 66.9 Å². The van der Waals surface area contributed by atoms with Crippen LogP contribution in [0.2, 0.25) is 0 Å². The third-order valence-corrected chi connectivity index (χ3v) is 4.32. The quantitative estimate of drug-likeness (QED) is 0.643. The zero-order valence-corrected chi connectivity index (χ0v) is 14.4. The molecule has 0 aliphatic heterocycles. The van der Waals surface area contributed by atoms with Gasteiger partial charge in [-0.3, -0.25) is 9.59 Å². The molecule has 0 aliphatic carbocycles. The van der Waals surface area contributed by atoms with Crippen molar-refractivity contribution in [2.24, 2.45) is 0 Å². The van der Waals surface area contributed by atoms with Crippen molar-refractivity contribution in [1.82, 2.24) is 9.55 Å². The number of H-pyrrole nitrogens is 1. The summed E-state index contributed by atoms with van der Waals surface area (Å²) in [7, 11) is 0. The molecule has 0 saturated heterocycles. The van der Waals surface area contributed by atoms with E-state index in [9.17, 15) is 9.59 Å². The SMILES string of the molecule is Cc1cc(=O)[nH]c2cc(NC(=O)CCCCCn3cccc3)ccc12. The highest BCUT2D eigenvalue weighted by molar-refractivity contribution is 5.94. The fourth-order valence-corrected chi connectivity index (χ4v) is 3.01. The van der Waals surface area contributed by atoms with E-state index in [0.717, 1.165) is 42.3 Å². The van der Waals surface area contributed by atoms with Crippen molar-refractivity contribution >= 4 is 22.5 Å². The van der Waals surface area contributed by atoms with Crippen LogP contribution in [0.15, 0.2) is 53.6 Å². The second kappa shape index (κ2) is 7.83. The van der Waals surface area contributed by atoms with Crippen LogP contribution in [0.25, 0.3) is 10.9 Å². The maximum Gasteiger partial charge on any atom is 0.248 e. The van der Waals surface area contributed by atoms with Gasteiger partial charge in [0.15, 0.2) is 0 Å². The molecule has 5 nitrogen and oxygen atoms in total. The van der Waals surface area contributed by atoms with E-state index in [0.29, 0.717) is 12.1 Å². The Balaban J connectivity index is 1.49. The number of amides is 1. The predicted octanol–water partition coefficient (Wildman–Crippen LogP) is 3.84. The number of aromatic nitrogens is 2. The van der Waals surface area contributed by atoms with E-state index in [1.165, 1.54) is 0 Å². The van der Waals surface area contributed by atoms with E-state index in [4.69, 9.17) is 0 Å². The van der Waals surface area contributed by atoms with Crippen molar-refractivity contribution in [1.29, 1.82) is 0 Å². The van der Waals surface area contributed by atoms with Crippen molar-refractivity contribution in [2.45, 2.75) is 39.2 Å². The van der Waals surface area contributed by atoms with Gasteiger partial charge in [-0.25, -0.2) is 0 Å². The summed E-state index contributed by atoms with van der Waals surface area (Å²) in [6.45, 7) is 2.90. The number of rotatable bonds is 7. The van der Waals surface area contributed by atoms with E-state index in [-0.39, 0.29) is 11.5 Å². The van der Waals surface area contributed by atoms with Gasteiger partial charge < -0.3 is 14.9 Å². The molecule has 3 rings (SSSR count). The Morgan fingerprint density at radius 1 is 1.12 bits per heavy atom. The second-order valence-electron chi connectivity index (χ2n) is 6.36. The smallest absolute Gasteiger partial charge is 0.248 e. The van der Waals surface area contributed by atoms with Crippen molar-refractivity contribution in [3.05, 3.63) is 64.7 Å². The Morgan fingerprint density at radius 2 is 1.92 bits per heavy atom. The molecule has 1 aromatic carbocycles. The van der Waals surface area contributed by atoms with Gasteiger partial charge >= 0.3 is 0 Å². The fourth-order valence-electron chi connectivity index (χ4n) is 3.01. The van der Waals surface area contributed by atoms with Gasteiger partial charge in [-0.2, -0.15) is 0 Å². The van der Waals surface area contributed by atoms with Crippen molar-refractivity contribution in [3.63, 3.8) is 0 Å². The standard InChI is InChI=1S/C20H23N3O2/c1-15-13-20(25)22-18-14-16(8-9-17(15)18)21-19(24)7-3-2-4-10-23-11-5-6-12-23/h5-6,8-9,11-14H,2-4,7,10H2,1H3,(H,21,24)(H,22,25). The lowest BCUT2D eigenvalue weighted by Crippen LogP contribution is -2.11. The molecule has 3 aromatic rings. The number of nitrogens with zero attached hydrogens (tertiary/aromatic N) is 1. The van der Waals surface area contributed by atoms with E-state index in [1.54, 1.807) is 6.07 Å². The average molecular weight is 337 g/mol. The first-order valence-corrected chi connectivity index (χ1v) is 8.66. The van der Waals surface area contributed by atoms with Crippen LogP contribution in [0.3, 0.4) is 0 Å². The van der Waals surface area contributed by atoms with Crippen molar-refractivity contribution < 1.29 is 4.79 Å². The minimum atomic E-state index is -0.129. The minimum absolute atomic E-state index is 0.00955. The number of nitrogens with one attached hydrogen (secondary N) is 2. The maximum absolute atomic E-state index is 12.1. The number of aromatic amines is 1. The molecule has 0 bridgehead atoms. The van der Waals surface area contributed by atoms with Crippen LogP contribution in [-0.2, 0) is 11.3 Å². The van der Waals surface area contributed by atoms with Gasteiger partial charge in [-0.05, 0) is 49.6 Å². The number of carbonyl (C=O) groups is 1. The van der Waals surface area contributed by atoms with Gasteiger partial charge in [0.2, 0.25) is 11.5 Å². The van der Waals surface area contributed by atoms with Crippen LogP contribution in [0.1, 0.15) is 31.2 Å². The largest absolute Gasteiger partial charge is 0.354 e. The Kier molecular flexibility index (Phi) is 5.33. The van der Waals surface area contributed by atoms with E-state index in [1.807, 2.05) is 37.3 Å². The van der Waals surface area contributed by atoms with Crippen LogP contribution in [0.5, 0.6) is 0 Å². The molecule has 25 heavy (non-hydrogen) atoms. The van der Waals surface area contributed by atoms with E-state index >= 15 is 0 Å². The zero-order chi connectivity index (χ0) is 17.6. The summed E-state index contributed by atoms with van der Waals surface area (Å²) in [5, 5.41) is 3.90. The van der Waals surface area contributed by atoms with E-state index < -0.39 is 0 Å². The molecule has 0 fully saturated rings. The third kappa shape index (κ3) is 4.59. The number of pyridine rings is 1. The fraction of sp³-hybridized carbons (Fsp3) is 0.300. The first-order chi connectivity index (χ1) is 12.1. The second-order valence-corrected chi connectivity index (χ2v) is 6.36. The Hall–Kier alpha value is -2.82. The number of carbonyl (C=O) groups excluding carboxylic acids is 1. The minimum Gasteiger partial charge on any atom is -0.354 e. The highest BCUT2D eigenvalue weighted by Gasteiger charge is 2.05. The summed E-state index contributed by atoms with van der Waals surface area (Å²) < 4.78 is 2.15. The van der Waals surface area contributed by atoms with Gasteiger partial charge in [0, 0.05) is 42.5 Å². The highest BCUT2D eigenvalue weighted by Crippen LogP contribution is 2.19. The molecule has 0 spiro atoms. The molecule has 5 heteroatoms. The summed E-state index contributed by atoms with van der Waals surface area (Å²) in [4.78, 5) is 26.5. The normalized spacial score (nSPS) is 10.9. The molecular formula is C20H23N3O2. The molecule has 0 unspecified atom stereocenters. The molecule has 0 saturated carbocycles. The average Bonchev–Trinajstić information content (AvgIpc) is 3.07. The van der Waals surface area contributed by atoms with Gasteiger partial charge in [-0.15, -0.1) is 0 Å². The number of unbranched alkanes of at least 4 members (excludes halogenated alkanes) is 2. The zero-order valence-electron chi connectivity index (χ0n) is 14.4. The number of hydrogen-bond donors (Lipinski definition) is 2. The van der Waals surface area contributed by atoms with Crippen LogP contribution >= 0.6 is 0 Å². The Labute approximate surface area is 146 Å². The molecule has 2 N–H and O–H groups in total. The molecule has 0 radical (unpaired) electrons. The lowest BCUT2D eigenvalue weighted by molar-refractivity contribution is -0.116. The summed E-state index contributed by atoms with van der Waals surface area (Å²) in [6.07, 6.45) is 7.58. The van der Waals surface area contributed by atoms with Crippen LogP contribution < -0.4 is 10.9 Å². The molecular weight excluding hydrogens is 314 g/mol. The molecule has 0 atom stereocenters. The summed E-state index contributed by atoms with van der Waals surface area (Å²) in [5.41, 5.74) is 2.26. The van der Waals surface area contributed by atoms with Crippen molar-refractivity contribution in [3.8, 4) is 0 Å². The maximum atomic E-state index is 12.1. The molecule has 2 aromatic heterocycles. The third-order valence-electron chi connectivity index (χ3n) is 4.32. The number of fused-ring (bicyclic) bond motifs is 1. The number of anilines is 1. The van der Waals surface area contributed by atoms with Crippen LogP contribution in [0.4, 0.5) is 5.69 Å². The summed E-state index contributed by atoms with van der Waals surface area (Å²) in [5.74, 6) is 0.00955. The number of hydrogen-bond acceptors (Lipinski definition) is 2. The van der Waals surface area contributed by atoms with Crippen LogP contribution in [-0.4, -0.2) is 15.5 Å². The van der Waals surface area contributed by atoms with Gasteiger partial charge in [-0.1, -0.05) is 12.5 Å². The first kappa shape index (κ1) is 17.0. The lowest BCUT2D eigenvalue weighted by atomic mass is 10.1.